The molecular formula is C26H25N3O4S. The number of anilines is 1. The van der Waals surface area contributed by atoms with Gasteiger partial charge >= 0.3 is 0 Å². The number of carbonyl (C=O) groups is 1. The molecule has 0 unspecified atom stereocenters. The Kier molecular flexibility index (Phi) is 7.08. The van der Waals surface area contributed by atoms with Crippen LogP contribution in [-0.4, -0.2) is 37.2 Å². The zero-order valence-corrected chi connectivity index (χ0v) is 20.3. The first kappa shape index (κ1) is 23.3. The highest BCUT2D eigenvalue weighted by molar-refractivity contribution is 7.22. The van der Waals surface area contributed by atoms with Gasteiger partial charge in [0.05, 0.1) is 32.6 Å². The molecule has 0 bridgehead atoms. The lowest BCUT2D eigenvalue weighted by Crippen LogP contribution is -2.28. The van der Waals surface area contributed by atoms with E-state index in [2.05, 4.69) is 4.98 Å². The fourth-order valence-electron chi connectivity index (χ4n) is 3.51. The number of benzene rings is 2. The molecular weight excluding hydrogens is 450 g/mol. The van der Waals surface area contributed by atoms with E-state index in [1.165, 1.54) is 17.4 Å². The quantitative estimate of drug-likeness (QED) is 0.323. The van der Waals surface area contributed by atoms with E-state index in [9.17, 15) is 4.79 Å². The molecule has 7 nitrogen and oxygen atoms in total. The summed E-state index contributed by atoms with van der Waals surface area (Å²) in [6.45, 7) is 2.36. The van der Waals surface area contributed by atoms with E-state index in [1.807, 2.05) is 43.3 Å². The Morgan fingerprint density at radius 1 is 1.03 bits per heavy atom. The number of thiazole rings is 1. The van der Waals surface area contributed by atoms with E-state index in [0.717, 1.165) is 26.9 Å². The van der Waals surface area contributed by atoms with Crippen LogP contribution in [0.4, 0.5) is 5.13 Å². The lowest BCUT2D eigenvalue weighted by atomic mass is 10.2. The number of methoxy groups -OCH3 is 3. The van der Waals surface area contributed by atoms with E-state index >= 15 is 0 Å². The molecule has 0 radical (unpaired) electrons. The van der Waals surface area contributed by atoms with Crippen molar-refractivity contribution in [3.8, 4) is 17.2 Å². The second-order valence-electron chi connectivity index (χ2n) is 7.49. The number of carbonyl (C=O) groups excluding carboxylic acids is 1. The Balaban J connectivity index is 1.70. The second kappa shape index (κ2) is 10.4. The molecule has 0 saturated heterocycles. The number of ether oxygens (including phenoxy) is 3. The van der Waals surface area contributed by atoms with Crippen molar-refractivity contribution < 1.29 is 19.0 Å². The lowest BCUT2D eigenvalue weighted by Gasteiger charge is -2.18. The van der Waals surface area contributed by atoms with Crippen LogP contribution in [0.2, 0.25) is 0 Å². The van der Waals surface area contributed by atoms with Gasteiger partial charge in [-0.2, -0.15) is 0 Å². The smallest absolute Gasteiger partial charge is 0.253 e. The molecule has 8 heteroatoms. The molecule has 0 N–H and O–H groups in total. The average Bonchev–Trinajstić information content (AvgIpc) is 3.32. The monoisotopic (exact) mass is 475 g/mol. The Labute approximate surface area is 202 Å². The molecule has 0 aliphatic carbocycles. The molecule has 2 aromatic heterocycles. The molecule has 2 aromatic carbocycles. The van der Waals surface area contributed by atoms with Crippen molar-refractivity contribution in [2.24, 2.45) is 0 Å². The Bertz CT molecular complexity index is 1330. The number of amides is 1. The van der Waals surface area contributed by atoms with Crippen LogP contribution in [0.3, 0.4) is 0 Å². The Morgan fingerprint density at radius 3 is 2.50 bits per heavy atom. The maximum atomic E-state index is 13.4. The summed E-state index contributed by atoms with van der Waals surface area (Å²) in [6.07, 6.45) is 6.74. The number of hydrogen-bond donors (Lipinski definition) is 0. The van der Waals surface area contributed by atoms with Gasteiger partial charge in [-0.05, 0) is 54.0 Å². The number of aromatic nitrogens is 2. The number of hydrogen-bond acceptors (Lipinski definition) is 7. The molecule has 0 saturated carbocycles. The van der Waals surface area contributed by atoms with Gasteiger partial charge in [-0.1, -0.05) is 29.5 Å². The second-order valence-corrected chi connectivity index (χ2v) is 8.47. The molecule has 174 valence electrons. The highest BCUT2D eigenvalue weighted by Gasteiger charge is 2.21. The van der Waals surface area contributed by atoms with Crippen LogP contribution >= 0.6 is 11.3 Å². The minimum atomic E-state index is -0.200. The first-order chi connectivity index (χ1) is 16.5. The first-order valence-corrected chi connectivity index (χ1v) is 11.4. The highest BCUT2D eigenvalue weighted by atomic mass is 32.1. The normalized spacial score (nSPS) is 11.1. The minimum Gasteiger partial charge on any atom is -0.494 e. The van der Waals surface area contributed by atoms with Gasteiger partial charge in [-0.3, -0.25) is 14.7 Å². The van der Waals surface area contributed by atoms with Gasteiger partial charge in [-0.15, -0.1) is 0 Å². The Morgan fingerprint density at radius 2 is 1.79 bits per heavy atom. The van der Waals surface area contributed by atoms with Gasteiger partial charge < -0.3 is 14.2 Å². The number of fused-ring (bicyclic) bond motifs is 1. The van der Waals surface area contributed by atoms with Gasteiger partial charge in [0.25, 0.3) is 5.91 Å². The summed E-state index contributed by atoms with van der Waals surface area (Å²) in [4.78, 5) is 24.0. The van der Waals surface area contributed by atoms with Crippen LogP contribution in [0, 0.1) is 6.92 Å². The molecule has 0 aliphatic heterocycles. The summed E-state index contributed by atoms with van der Waals surface area (Å²) in [6, 6.07) is 13.2. The van der Waals surface area contributed by atoms with Gasteiger partial charge in [0.2, 0.25) is 0 Å². The highest BCUT2D eigenvalue weighted by Crippen LogP contribution is 2.37. The van der Waals surface area contributed by atoms with Crippen LogP contribution in [0.15, 0.2) is 60.9 Å². The van der Waals surface area contributed by atoms with Gasteiger partial charge in [0, 0.05) is 18.5 Å². The van der Waals surface area contributed by atoms with Crippen molar-refractivity contribution in [1.82, 2.24) is 9.97 Å². The van der Waals surface area contributed by atoms with Crippen molar-refractivity contribution in [3.05, 3.63) is 77.6 Å². The minimum absolute atomic E-state index is 0.200. The molecule has 4 rings (SSSR count). The van der Waals surface area contributed by atoms with Crippen molar-refractivity contribution in [2.75, 3.05) is 26.2 Å². The van der Waals surface area contributed by atoms with Crippen molar-refractivity contribution in [1.29, 1.82) is 0 Å². The number of nitrogens with zero attached hydrogens (tertiary/aromatic N) is 3. The van der Waals surface area contributed by atoms with E-state index in [-0.39, 0.29) is 5.91 Å². The number of rotatable bonds is 8. The van der Waals surface area contributed by atoms with Crippen LogP contribution in [0.25, 0.3) is 16.3 Å². The van der Waals surface area contributed by atoms with Crippen molar-refractivity contribution >= 4 is 38.7 Å². The summed E-state index contributed by atoms with van der Waals surface area (Å²) < 4.78 is 17.1. The SMILES string of the molecule is COc1ccc(/C=C/C(=O)N(Cc2cccnc2)c2nc3c(OC)ccc(C)c3s2)cc1OC. The fourth-order valence-corrected chi connectivity index (χ4v) is 4.56. The molecule has 0 atom stereocenters. The summed E-state index contributed by atoms with van der Waals surface area (Å²) in [5.74, 6) is 1.70. The topological polar surface area (TPSA) is 73.8 Å². The third-order valence-electron chi connectivity index (χ3n) is 5.30. The van der Waals surface area contributed by atoms with Gasteiger partial charge in [0.1, 0.15) is 11.3 Å². The molecule has 0 spiro atoms. The maximum absolute atomic E-state index is 13.4. The zero-order chi connectivity index (χ0) is 24.1. The molecule has 0 aliphatic rings. The Hall–Kier alpha value is -3.91. The van der Waals surface area contributed by atoms with Crippen LogP contribution in [0.5, 0.6) is 17.2 Å². The van der Waals surface area contributed by atoms with Crippen LogP contribution in [0.1, 0.15) is 16.7 Å². The third kappa shape index (κ3) is 4.87. The number of pyridine rings is 1. The van der Waals surface area contributed by atoms with E-state index in [1.54, 1.807) is 50.8 Å². The lowest BCUT2D eigenvalue weighted by molar-refractivity contribution is -0.114. The van der Waals surface area contributed by atoms with E-state index < -0.39 is 0 Å². The summed E-state index contributed by atoms with van der Waals surface area (Å²) in [5.41, 5.74) is 3.54. The standard InChI is InChI=1S/C26H25N3O4S/c1-17-7-10-21(32-3)24-25(17)34-26(28-24)29(16-19-6-5-13-27-15-19)23(30)12-9-18-8-11-20(31-2)22(14-18)33-4/h5-15H,16H2,1-4H3/b12-9+. The molecule has 2 heterocycles. The number of aryl methyl sites for hydroxylation is 1. The molecule has 0 fully saturated rings. The average molecular weight is 476 g/mol. The van der Waals surface area contributed by atoms with Gasteiger partial charge in [-0.25, -0.2) is 4.98 Å². The fraction of sp³-hybridized carbons (Fsp3) is 0.192. The largest absolute Gasteiger partial charge is 0.494 e. The maximum Gasteiger partial charge on any atom is 0.253 e. The van der Waals surface area contributed by atoms with Gasteiger partial charge in [0.15, 0.2) is 16.6 Å². The molecule has 34 heavy (non-hydrogen) atoms. The van der Waals surface area contributed by atoms with Crippen molar-refractivity contribution in [2.45, 2.75) is 13.5 Å². The first-order valence-electron chi connectivity index (χ1n) is 10.6. The predicted molar refractivity (Wildman–Crippen MR) is 135 cm³/mol. The van der Waals surface area contributed by atoms with E-state index in [4.69, 9.17) is 19.2 Å². The van der Waals surface area contributed by atoms with Crippen LogP contribution < -0.4 is 19.1 Å². The van der Waals surface area contributed by atoms with Crippen molar-refractivity contribution in [3.63, 3.8) is 0 Å². The van der Waals surface area contributed by atoms with E-state index in [0.29, 0.717) is 28.9 Å². The third-order valence-corrected chi connectivity index (χ3v) is 6.51. The predicted octanol–water partition coefficient (Wildman–Crippen LogP) is 5.27. The zero-order valence-electron chi connectivity index (χ0n) is 19.4. The summed E-state index contributed by atoms with van der Waals surface area (Å²) in [5, 5.41) is 0.591. The molecule has 1 amide bonds. The van der Waals surface area contributed by atoms with Crippen LogP contribution in [-0.2, 0) is 11.3 Å². The molecule has 4 aromatic rings. The summed E-state index contributed by atoms with van der Waals surface area (Å²) >= 11 is 1.46. The summed E-state index contributed by atoms with van der Waals surface area (Å²) in [7, 11) is 4.78.